The van der Waals surface area contributed by atoms with Crippen molar-refractivity contribution in [2.24, 2.45) is 0 Å². The number of thioether (sulfide) groups is 1. The first-order valence-corrected chi connectivity index (χ1v) is 7.20. The predicted molar refractivity (Wildman–Crippen MR) is 75.6 cm³/mol. The van der Waals surface area contributed by atoms with Crippen LogP contribution in [0.15, 0.2) is 27.6 Å². The predicted octanol–water partition coefficient (Wildman–Crippen LogP) is 2.54. The van der Waals surface area contributed by atoms with Gasteiger partial charge in [0.05, 0.1) is 19.0 Å². The molecular formula is C12H16BrNO3S. The van der Waals surface area contributed by atoms with Gasteiger partial charge in [-0.1, -0.05) is 15.9 Å². The highest BCUT2D eigenvalue weighted by Crippen LogP contribution is 2.24. The topological polar surface area (TPSA) is 47.6 Å². The van der Waals surface area contributed by atoms with Crippen molar-refractivity contribution in [2.45, 2.75) is 11.8 Å². The highest BCUT2D eigenvalue weighted by molar-refractivity contribution is 9.10. The molecule has 0 spiro atoms. The number of carbonyl (C=O) groups excluding carboxylic acids is 1. The lowest BCUT2D eigenvalue weighted by molar-refractivity contribution is -0.131. The number of amides is 1. The van der Waals surface area contributed by atoms with Gasteiger partial charge in [0.15, 0.2) is 0 Å². The zero-order chi connectivity index (χ0) is 13.4. The smallest absolute Gasteiger partial charge is 0.253 e. The van der Waals surface area contributed by atoms with Gasteiger partial charge in [-0.15, -0.1) is 11.8 Å². The van der Waals surface area contributed by atoms with E-state index in [1.807, 2.05) is 25.1 Å². The molecule has 1 amide bonds. The molecule has 0 aliphatic rings. The number of hydroxylamine groups is 1. The standard InChI is InChI=1S/C12H16BrNO3S/c1-9-7-10(13)3-4-11(9)18-8-12(15)14-17-6-5-16-2/h3-4,7H,5-6,8H2,1-2H3,(H,14,15). The molecular weight excluding hydrogens is 318 g/mol. The fraction of sp³-hybridized carbons (Fsp3) is 0.417. The Kier molecular flexibility index (Phi) is 7.34. The number of aryl methyl sites for hydroxylation is 1. The normalized spacial score (nSPS) is 10.4. The summed E-state index contributed by atoms with van der Waals surface area (Å²) in [7, 11) is 1.58. The Morgan fingerprint density at radius 2 is 2.22 bits per heavy atom. The van der Waals surface area contributed by atoms with E-state index in [9.17, 15) is 4.79 Å². The average Bonchev–Trinajstić information content (AvgIpc) is 2.33. The number of carbonyl (C=O) groups is 1. The third-order valence-electron chi connectivity index (χ3n) is 2.07. The maximum absolute atomic E-state index is 11.5. The minimum Gasteiger partial charge on any atom is -0.382 e. The molecule has 0 bridgehead atoms. The van der Waals surface area contributed by atoms with Gasteiger partial charge in [0.2, 0.25) is 0 Å². The van der Waals surface area contributed by atoms with Gasteiger partial charge in [0.1, 0.15) is 0 Å². The summed E-state index contributed by atoms with van der Waals surface area (Å²) >= 11 is 4.89. The van der Waals surface area contributed by atoms with Crippen molar-refractivity contribution in [3.63, 3.8) is 0 Å². The zero-order valence-electron chi connectivity index (χ0n) is 10.4. The van der Waals surface area contributed by atoms with Gasteiger partial charge in [-0.3, -0.25) is 9.63 Å². The first-order valence-electron chi connectivity index (χ1n) is 5.42. The van der Waals surface area contributed by atoms with E-state index < -0.39 is 0 Å². The second-order valence-electron chi connectivity index (χ2n) is 3.56. The van der Waals surface area contributed by atoms with Crippen molar-refractivity contribution in [1.29, 1.82) is 0 Å². The Hall–Kier alpha value is -0.560. The van der Waals surface area contributed by atoms with Crippen molar-refractivity contribution in [2.75, 3.05) is 26.1 Å². The van der Waals surface area contributed by atoms with Crippen LogP contribution in [-0.4, -0.2) is 32.0 Å². The number of ether oxygens (including phenoxy) is 1. The lowest BCUT2D eigenvalue weighted by Gasteiger charge is -2.07. The molecule has 18 heavy (non-hydrogen) atoms. The highest BCUT2D eigenvalue weighted by atomic mass is 79.9. The first-order chi connectivity index (χ1) is 8.63. The quantitative estimate of drug-likeness (QED) is 0.473. The molecule has 0 aliphatic carbocycles. The minimum absolute atomic E-state index is 0.154. The Morgan fingerprint density at radius 1 is 1.44 bits per heavy atom. The Labute approximate surface area is 120 Å². The molecule has 100 valence electrons. The van der Waals surface area contributed by atoms with Crippen LogP contribution in [0.5, 0.6) is 0 Å². The number of hydrogen-bond acceptors (Lipinski definition) is 4. The van der Waals surface area contributed by atoms with Gasteiger partial charge < -0.3 is 4.74 Å². The molecule has 0 fully saturated rings. The van der Waals surface area contributed by atoms with Crippen molar-refractivity contribution in [1.82, 2.24) is 5.48 Å². The maximum atomic E-state index is 11.5. The summed E-state index contributed by atoms with van der Waals surface area (Å²) in [4.78, 5) is 17.5. The van der Waals surface area contributed by atoms with Crippen molar-refractivity contribution in [3.05, 3.63) is 28.2 Å². The molecule has 0 atom stereocenters. The molecule has 1 rings (SSSR count). The summed E-state index contributed by atoms with van der Waals surface area (Å²) in [6.45, 7) is 2.82. The summed E-state index contributed by atoms with van der Waals surface area (Å²) in [5.74, 6) is 0.175. The Morgan fingerprint density at radius 3 is 2.89 bits per heavy atom. The van der Waals surface area contributed by atoms with E-state index >= 15 is 0 Å². The van der Waals surface area contributed by atoms with E-state index in [1.54, 1.807) is 7.11 Å². The molecule has 0 radical (unpaired) electrons. The molecule has 0 heterocycles. The van der Waals surface area contributed by atoms with E-state index in [0.717, 1.165) is 14.9 Å². The van der Waals surface area contributed by atoms with Gasteiger partial charge in [-0.25, -0.2) is 5.48 Å². The van der Waals surface area contributed by atoms with Crippen molar-refractivity contribution < 1.29 is 14.4 Å². The van der Waals surface area contributed by atoms with Crippen molar-refractivity contribution >= 4 is 33.6 Å². The largest absolute Gasteiger partial charge is 0.382 e. The number of methoxy groups -OCH3 is 1. The molecule has 1 aromatic rings. The molecule has 4 nitrogen and oxygen atoms in total. The van der Waals surface area contributed by atoms with E-state index in [0.29, 0.717) is 19.0 Å². The van der Waals surface area contributed by atoms with E-state index in [1.165, 1.54) is 11.8 Å². The molecule has 0 unspecified atom stereocenters. The maximum Gasteiger partial charge on any atom is 0.253 e. The minimum atomic E-state index is -0.154. The third-order valence-corrected chi connectivity index (χ3v) is 3.74. The van der Waals surface area contributed by atoms with Crippen LogP contribution >= 0.6 is 27.7 Å². The SMILES string of the molecule is COCCONC(=O)CSc1ccc(Br)cc1C. The first kappa shape index (κ1) is 15.5. The Bertz CT molecular complexity index is 401. The number of hydrogen-bond donors (Lipinski definition) is 1. The monoisotopic (exact) mass is 333 g/mol. The summed E-state index contributed by atoms with van der Waals surface area (Å²) in [6.07, 6.45) is 0. The second-order valence-corrected chi connectivity index (χ2v) is 5.50. The van der Waals surface area contributed by atoms with Crippen LogP contribution in [0.2, 0.25) is 0 Å². The molecule has 0 aliphatic heterocycles. The third kappa shape index (κ3) is 5.86. The van der Waals surface area contributed by atoms with Crippen LogP contribution in [-0.2, 0) is 14.4 Å². The lowest BCUT2D eigenvalue weighted by Crippen LogP contribution is -2.26. The van der Waals surface area contributed by atoms with Crippen LogP contribution < -0.4 is 5.48 Å². The fourth-order valence-electron chi connectivity index (χ4n) is 1.20. The van der Waals surface area contributed by atoms with E-state index in [2.05, 4.69) is 21.4 Å². The zero-order valence-corrected chi connectivity index (χ0v) is 12.8. The highest BCUT2D eigenvalue weighted by Gasteiger charge is 2.05. The van der Waals surface area contributed by atoms with Gasteiger partial charge in [-0.05, 0) is 30.7 Å². The molecule has 0 aromatic heterocycles. The van der Waals surface area contributed by atoms with Gasteiger partial charge in [0.25, 0.3) is 5.91 Å². The van der Waals surface area contributed by atoms with Gasteiger partial charge >= 0.3 is 0 Å². The van der Waals surface area contributed by atoms with Crippen molar-refractivity contribution in [3.8, 4) is 0 Å². The summed E-state index contributed by atoms with van der Waals surface area (Å²) in [5.41, 5.74) is 3.51. The fourth-order valence-corrected chi connectivity index (χ4v) is 2.48. The Balaban J connectivity index is 2.29. The molecule has 0 saturated heterocycles. The van der Waals surface area contributed by atoms with Crippen LogP contribution in [0.25, 0.3) is 0 Å². The number of benzene rings is 1. The van der Waals surface area contributed by atoms with Crippen LogP contribution in [0.3, 0.4) is 0 Å². The number of rotatable bonds is 7. The van der Waals surface area contributed by atoms with Gasteiger partial charge in [-0.2, -0.15) is 0 Å². The number of nitrogens with one attached hydrogen (secondary N) is 1. The number of halogens is 1. The second kappa shape index (κ2) is 8.53. The van der Waals surface area contributed by atoms with Crippen LogP contribution in [0, 0.1) is 6.92 Å². The van der Waals surface area contributed by atoms with Gasteiger partial charge in [0, 0.05) is 16.5 Å². The summed E-state index contributed by atoms with van der Waals surface area (Å²) in [6, 6.07) is 5.97. The molecule has 1 N–H and O–H groups in total. The average molecular weight is 334 g/mol. The van der Waals surface area contributed by atoms with Crippen LogP contribution in [0.4, 0.5) is 0 Å². The molecule has 6 heteroatoms. The van der Waals surface area contributed by atoms with E-state index in [4.69, 9.17) is 9.57 Å². The summed E-state index contributed by atoms with van der Waals surface area (Å²) in [5, 5.41) is 0. The summed E-state index contributed by atoms with van der Waals surface area (Å²) < 4.78 is 5.83. The van der Waals surface area contributed by atoms with E-state index in [-0.39, 0.29) is 5.91 Å². The van der Waals surface area contributed by atoms with Crippen LogP contribution in [0.1, 0.15) is 5.56 Å². The molecule has 0 saturated carbocycles. The lowest BCUT2D eigenvalue weighted by atomic mass is 10.2. The molecule has 1 aromatic carbocycles.